The van der Waals surface area contributed by atoms with Gasteiger partial charge in [-0.15, -0.1) is 10.2 Å². The van der Waals surface area contributed by atoms with Crippen LogP contribution in [0.4, 0.5) is 5.95 Å². The summed E-state index contributed by atoms with van der Waals surface area (Å²) in [6.45, 7) is 1.87. The lowest BCUT2D eigenvalue weighted by Crippen LogP contribution is -2.48. The fraction of sp³-hybridized carbons (Fsp3) is 0.667. The van der Waals surface area contributed by atoms with Crippen molar-refractivity contribution >= 4 is 17.5 Å². The molecule has 5 nitrogen and oxygen atoms in total. The molecule has 0 atom stereocenters. The van der Waals surface area contributed by atoms with Crippen LogP contribution in [0.5, 0.6) is 0 Å². The summed E-state index contributed by atoms with van der Waals surface area (Å²) < 4.78 is 0. The van der Waals surface area contributed by atoms with Crippen LogP contribution in [0, 0.1) is 6.92 Å². The quantitative estimate of drug-likeness (QED) is 0.813. The fourth-order valence-electron chi connectivity index (χ4n) is 1.61. The second-order valence-corrected chi connectivity index (χ2v) is 4.29. The Morgan fingerprint density at radius 3 is 2.67 bits per heavy atom. The highest BCUT2D eigenvalue weighted by Crippen LogP contribution is 2.33. The van der Waals surface area contributed by atoms with Crippen LogP contribution in [0.25, 0.3) is 0 Å². The van der Waals surface area contributed by atoms with E-state index in [1.54, 1.807) is 6.92 Å². The maximum atomic E-state index is 9.26. The number of hydrogen-bond acceptors (Lipinski definition) is 5. The predicted octanol–water partition coefficient (Wildman–Crippen LogP) is 1.16. The van der Waals surface area contributed by atoms with Gasteiger partial charge in [0, 0.05) is 0 Å². The molecule has 2 N–H and O–H groups in total. The summed E-state index contributed by atoms with van der Waals surface area (Å²) in [6, 6.07) is 0. The van der Waals surface area contributed by atoms with Crippen LogP contribution in [-0.2, 0) is 0 Å². The Morgan fingerprint density at radius 1 is 1.47 bits per heavy atom. The molecule has 0 aliphatic heterocycles. The van der Waals surface area contributed by atoms with E-state index in [1.807, 2.05) is 0 Å². The molecule has 0 bridgehead atoms. The SMILES string of the molecule is Cc1nc(NC2(CO)CCC2)nnc1Cl. The number of rotatable bonds is 3. The molecule has 2 rings (SSSR count). The zero-order valence-corrected chi connectivity index (χ0v) is 9.25. The number of hydrogen-bond donors (Lipinski definition) is 2. The molecule has 1 aromatic rings. The Balaban J connectivity index is 2.13. The van der Waals surface area contributed by atoms with Crippen molar-refractivity contribution in [1.82, 2.24) is 15.2 Å². The maximum absolute atomic E-state index is 9.26. The van der Waals surface area contributed by atoms with Crippen molar-refractivity contribution in [3.63, 3.8) is 0 Å². The molecule has 15 heavy (non-hydrogen) atoms. The smallest absolute Gasteiger partial charge is 0.243 e. The second kappa shape index (κ2) is 3.90. The van der Waals surface area contributed by atoms with Crippen LogP contribution in [0.15, 0.2) is 0 Å². The summed E-state index contributed by atoms with van der Waals surface area (Å²) in [5, 5.41) is 20.3. The van der Waals surface area contributed by atoms with E-state index in [9.17, 15) is 5.11 Å². The van der Waals surface area contributed by atoms with Crippen molar-refractivity contribution in [2.45, 2.75) is 31.7 Å². The number of aliphatic hydroxyl groups is 1. The summed E-state index contributed by atoms with van der Waals surface area (Å²) in [7, 11) is 0. The second-order valence-electron chi connectivity index (χ2n) is 3.93. The van der Waals surface area contributed by atoms with Gasteiger partial charge in [0.2, 0.25) is 5.95 Å². The van der Waals surface area contributed by atoms with Gasteiger partial charge in [0.05, 0.1) is 17.8 Å². The zero-order valence-electron chi connectivity index (χ0n) is 8.50. The molecule has 1 aliphatic carbocycles. The molecular weight excluding hydrogens is 216 g/mol. The summed E-state index contributed by atoms with van der Waals surface area (Å²) >= 11 is 5.72. The van der Waals surface area contributed by atoms with Crippen molar-refractivity contribution in [1.29, 1.82) is 0 Å². The lowest BCUT2D eigenvalue weighted by atomic mass is 9.77. The van der Waals surface area contributed by atoms with Gasteiger partial charge in [-0.1, -0.05) is 11.6 Å². The van der Waals surface area contributed by atoms with Gasteiger partial charge in [-0.3, -0.25) is 0 Å². The molecule has 0 saturated heterocycles. The number of anilines is 1. The van der Waals surface area contributed by atoms with E-state index in [0.29, 0.717) is 16.8 Å². The van der Waals surface area contributed by atoms with Gasteiger partial charge < -0.3 is 10.4 Å². The minimum Gasteiger partial charge on any atom is -0.394 e. The first-order valence-corrected chi connectivity index (χ1v) is 5.29. The van der Waals surface area contributed by atoms with E-state index in [-0.39, 0.29) is 12.1 Å². The Bertz CT molecular complexity index is 362. The Labute approximate surface area is 92.9 Å². The molecule has 0 radical (unpaired) electrons. The summed E-state index contributed by atoms with van der Waals surface area (Å²) in [5.41, 5.74) is 0.392. The van der Waals surface area contributed by atoms with E-state index in [1.165, 1.54) is 0 Å². The van der Waals surface area contributed by atoms with Gasteiger partial charge in [-0.25, -0.2) is 4.98 Å². The molecule has 0 spiro atoms. The minimum atomic E-state index is -0.248. The fourth-order valence-corrected chi connectivity index (χ4v) is 1.69. The third kappa shape index (κ3) is 2.03. The Hall–Kier alpha value is -0.940. The predicted molar refractivity (Wildman–Crippen MR) is 56.9 cm³/mol. The third-order valence-corrected chi connectivity index (χ3v) is 3.14. The number of aromatic nitrogens is 3. The minimum absolute atomic E-state index is 0.0953. The monoisotopic (exact) mass is 228 g/mol. The van der Waals surface area contributed by atoms with Gasteiger partial charge >= 0.3 is 0 Å². The first kappa shape index (κ1) is 10.6. The van der Waals surface area contributed by atoms with Gasteiger partial charge in [-0.2, -0.15) is 0 Å². The van der Waals surface area contributed by atoms with Crippen molar-refractivity contribution < 1.29 is 5.11 Å². The van der Waals surface area contributed by atoms with Gasteiger partial charge in [0.1, 0.15) is 0 Å². The van der Waals surface area contributed by atoms with E-state index < -0.39 is 0 Å². The largest absolute Gasteiger partial charge is 0.394 e. The van der Waals surface area contributed by atoms with Crippen LogP contribution in [0.2, 0.25) is 5.15 Å². The molecule has 1 fully saturated rings. The normalized spacial score (nSPS) is 18.3. The van der Waals surface area contributed by atoms with Crippen molar-refractivity contribution in [3.05, 3.63) is 10.8 Å². The van der Waals surface area contributed by atoms with Gasteiger partial charge in [0.25, 0.3) is 0 Å². The molecule has 0 amide bonds. The maximum Gasteiger partial charge on any atom is 0.243 e. The van der Waals surface area contributed by atoms with Gasteiger partial charge in [-0.05, 0) is 26.2 Å². The van der Waals surface area contributed by atoms with E-state index >= 15 is 0 Å². The third-order valence-electron chi connectivity index (χ3n) is 2.79. The van der Waals surface area contributed by atoms with E-state index in [0.717, 1.165) is 19.3 Å². The summed E-state index contributed by atoms with van der Waals surface area (Å²) in [6.07, 6.45) is 3.00. The molecule has 1 aliphatic rings. The van der Waals surface area contributed by atoms with Crippen molar-refractivity contribution in [2.24, 2.45) is 0 Å². The highest BCUT2D eigenvalue weighted by Gasteiger charge is 2.37. The molecule has 6 heteroatoms. The Kier molecular flexibility index (Phi) is 2.75. The van der Waals surface area contributed by atoms with Crippen LogP contribution >= 0.6 is 11.6 Å². The highest BCUT2D eigenvalue weighted by atomic mass is 35.5. The van der Waals surface area contributed by atoms with Crippen LogP contribution in [-0.4, -0.2) is 32.4 Å². The number of aryl methyl sites for hydroxylation is 1. The molecule has 1 heterocycles. The number of nitrogens with one attached hydrogen (secondary N) is 1. The van der Waals surface area contributed by atoms with E-state index in [2.05, 4.69) is 20.5 Å². The molecule has 0 aromatic carbocycles. The van der Waals surface area contributed by atoms with Crippen molar-refractivity contribution in [3.8, 4) is 0 Å². The Morgan fingerprint density at radius 2 is 2.20 bits per heavy atom. The number of halogens is 1. The first-order valence-electron chi connectivity index (χ1n) is 4.91. The molecular formula is C9H13ClN4O. The summed E-state index contributed by atoms with van der Waals surface area (Å²) in [5.74, 6) is 0.436. The average molecular weight is 229 g/mol. The lowest BCUT2D eigenvalue weighted by Gasteiger charge is -2.40. The topological polar surface area (TPSA) is 70.9 Å². The molecule has 1 saturated carbocycles. The standard InChI is InChI=1S/C9H13ClN4O/c1-6-7(10)13-14-8(11-6)12-9(5-15)3-2-4-9/h15H,2-5H2,1H3,(H,11,12,14). The average Bonchev–Trinajstić information content (AvgIpc) is 2.17. The zero-order chi connectivity index (χ0) is 10.9. The number of nitrogens with zero attached hydrogens (tertiary/aromatic N) is 3. The van der Waals surface area contributed by atoms with Crippen LogP contribution in [0.3, 0.4) is 0 Å². The lowest BCUT2D eigenvalue weighted by molar-refractivity contribution is 0.143. The molecule has 0 unspecified atom stereocenters. The molecule has 1 aromatic heterocycles. The van der Waals surface area contributed by atoms with Crippen LogP contribution in [0.1, 0.15) is 25.0 Å². The highest BCUT2D eigenvalue weighted by molar-refractivity contribution is 6.29. The molecule has 82 valence electrons. The van der Waals surface area contributed by atoms with E-state index in [4.69, 9.17) is 11.6 Å². The van der Waals surface area contributed by atoms with Crippen molar-refractivity contribution in [2.75, 3.05) is 11.9 Å². The number of aliphatic hydroxyl groups excluding tert-OH is 1. The van der Waals surface area contributed by atoms with Gasteiger partial charge in [0.15, 0.2) is 5.15 Å². The first-order chi connectivity index (χ1) is 7.15. The summed E-state index contributed by atoms with van der Waals surface area (Å²) in [4.78, 5) is 4.16. The van der Waals surface area contributed by atoms with Crippen LogP contribution < -0.4 is 5.32 Å².